The van der Waals surface area contributed by atoms with Crippen molar-refractivity contribution in [2.45, 2.75) is 19.0 Å². The molecule has 0 amide bonds. The normalized spacial score (nSPS) is 39.1. The summed E-state index contributed by atoms with van der Waals surface area (Å²) in [6.45, 7) is 5.60. The second-order valence-electron chi connectivity index (χ2n) is 5.16. The molecule has 2 aliphatic rings. The number of likely N-dealkylation sites (tertiary alicyclic amines) is 1. The summed E-state index contributed by atoms with van der Waals surface area (Å²) in [4.78, 5) is 2.49. The highest BCUT2D eigenvalue weighted by Crippen LogP contribution is 2.53. The summed E-state index contributed by atoms with van der Waals surface area (Å²) in [6, 6.07) is 10.7. The number of benzene rings is 1. The Hall–Kier alpha value is -0.860. The monoisotopic (exact) mass is 202 g/mol. The lowest BCUT2D eigenvalue weighted by Gasteiger charge is -2.20. The molecular formula is C13H18N2. The maximum absolute atomic E-state index is 6.30. The van der Waals surface area contributed by atoms with Gasteiger partial charge < -0.3 is 5.73 Å². The number of piperidine rings is 1. The van der Waals surface area contributed by atoms with Crippen LogP contribution in [0, 0.1) is 11.8 Å². The number of hydrogen-bond acceptors (Lipinski definition) is 2. The number of hydrogen-bond donors (Lipinski definition) is 1. The van der Waals surface area contributed by atoms with E-state index in [4.69, 9.17) is 5.73 Å². The SMILES string of the molecule is CC1C2CN(Cc3ccccc3)CC12N. The van der Waals surface area contributed by atoms with Crippen LogP contribution in [0.1, 0.15) is 12.5 Å². The quantitative estimate of drug-likeness (QED) is 0.787. The zero-order valence-corrected chi connectivity index (χ0v) is 9.19. The number of nitrogens with two attached hydrogens (primary N) is 1. The van der Waals surface area contributed by atoms with Crippen molar-refractivity contribution in [2.24, 2.45) is 17.6 Å². The molecule has 0 aromatic heterocycles. The van der Waals surface area contributed by atoms with Crippen molar-refractivity contribution >= 4 is 0 Å². The summed E-state index contributed by atoms with van der Waals surface area (Å²) >= 11 is 0. The van der Waals surface area contributed by atoms with Crippen LogP contribution >= 0.6 is 0 Å². The Kier molecular flexibility index (Phi) is 1.91. The molecule has 0 radical (unpaired) electrons. The van der Waals surface area contributed by atoms with E-state index in [0.29, 0.717) is 0 Å². The van der Waals surface area contributed by atoms with E-state index in [0.717, 1.165) is 24.9 Å². The maximum Gasteiger partial charge on any atom is 0.0357 e. The van der Waals surface area contributed by atoms with Gasteiger partial charge in [0.15, 0.2) is 0 Å². The molecule has 1 heterocycles. The van der Waals surface area contributed by atoms with Gasteiger partial charge in [-0.25, -0.2) is 0 Å². The van der Waals surface area contributed by atoms with Crippen LogP contribution in [0.5, 0.6) is 0 Å². The van der Waals surface area contributed by atoms with Gasteiger partial charge in [0.05, 0.1) is 0 Å². The van der Waals surface area contributed by atoms with Crippen molar-refractivity contribution in [3.63, 3.8) is 0 Å². The van der Waals surface area contributed by atoms with Crippen molar-refractivity contribution < 1.29 is 0 Å². The van der Waals surface area contributed by atoms with Gasteiger partial charge in [-0.2, -0.15) is 0 Å². The Balaban J connectivity index is 1.64. The number of nitrogens with zero attached hydrogens (tertiary/aromatic N) is 1. The van der Waals surface area contributed by atoms with Crippen LogP contribution in [0.3, 0.4) is 0 Å². The van der Waals surface area contributed by atoms with E-state index in [9.17, 15) is 0 Å². The highest BCUT2D eigenvalue weighted by atomic mass is 15.2. The minimum atomic E-state index is 0.148. The van der Waals surface area contributed by atoms with E-state index in [1.807, 2.05) is 0 Å². The molecule has 1 aliphatic heterocycles. The largest absolute Gasteiger partial charge is 0.323 e. The Morgan fingerprint density at radius 3 is 2.73 bits per heavy atom. The van der Waals surface area contributed by atoms with Gasteiger partial charge in [0.2, 0.25) is 0 Å². The number of fused-ring (bicyclic) bond motifs is 1. The highest BCUT2D eigenvalue weighted by molar-refractivity contribution is 5.22. The van der Waals surface area contributed by atoms with Crippen molar-refractivity contribution in [1.82, 2.24) is 4.90 Å². The van der Waals surface area contributed by atoms with Crippen molar-refractivity contribution in [1.29, 1.82) is 0 Å². The Morgan fingerprint density at radius 2 is 2.13 bits per heavy atom. The molecule has 1 aliphatic carbocycles. The second kappa shape index (κ2) is 3.06. The molecule has 1 aromatic carbocycles. The fourth-order valence-corrected chi connectivity index (χ4v) is 3.04. The topological polar surface area (TPSA) is 29.3 Å². The van der Waals surface area contributed by atoms with Gasteiger partial charge in [-0.15, -0.1) is 0 Å². The second-order valence-corrected chi connectivity index (χ2v) is 5.16. The van der Waals surface area contributed by atoms with E-state index in [1.165, 1.54) is 12.1 Å². The Morgan fingerprint density at radius 1 is 1.40 bits per heavy atom. The van der Waals surface area contributed by atoms with Gasteiger partial charge >= 0.3 is 0 Å². The summed E-state index contributed by atoms with van der Waals surface area (Å²) in [5, 5.41) is 0. The number of rotatable bonds is 2. The minimum absolute atomic E-state index is 0.148. The standard InChI is InChI=1S/C13H18N2/c1-10-12-8-15(9-13(10,12)14)7-11-5-3-2-4-6-11/h2-6,10,12H,7-9,14H2,1H3. The first kappa shape index (κ1) is 9.37. The molecule has 1 aromatic rings. The van der Waals surface area contributed by atoms with Gasteiger partial charge in [-0.05, 0) is 17.4 Å². The van der Waals surface area contributed by atoms with E-state index in [-0.39, 0.29) is 5.54 Å². The smallest absolute Gasteiger partial charge is 0.0357 e. The minimum Gasteiger partial charge on any atom is -0.323 e. The van der Waals surface area contributed by atoms with Crippen LogP contribution in [0.25, 0.3) is 0 Å². The lowest BCUT2D eigenvalue weighted by atomic mass is 10.2. The van der Waals surface area contributed by atoms with Crippen molar-refractivity contribution in [3.8, 4) is 0 Å². The summed E-state index contributed by atoms with van der Waals surface area (Å²) in [5.41, 5.74) is 7.84. The van der Waals surface area contributed by atoms with Crippen LogP contribution in [0.15, 0.2) is 30.3 Å². The molecule has 1 saturated heterocycles. The summed E-state index contributed by atoms with van der Waals surface area (Å²) in [7, 11) is 0. The highest BCUT2D eigenvalue weighted by Gasteiger charge is 2.63. The molecule has 15 heavy (non-hydrogen) atoms. The van der Waals surface area contributed by atoms with E-state index < -0.39 is 0 Å². The third-order valence-electron chi connectivity index (χ3n) is 4.23. The average molecular weight is 202 g/mol. The Labute approximate surface area is 91.1 Å². The zero-order valence-electron chi connectivity index (χ0n) is 9.19. The summed E-state index contributed by atoms with van der Waals surface area (Å²) in [6.07, 6.45) is 0. The fraction of sp³-hybridized carbons (Fsp3) is 0.538. The molecule has 3 unspecified atom stereocenters. The molecule has 2 N–H and O–H groups in total. The molecule has 3 rings (SSSR count). The molecule has 2 fully saturated rings. The molecule has 80 valence electrons. The third kappa shape index (κ3) is 1.40. The van der Waals surface area contributed by atoms with Gasteiger partial charge in [0.25, 0.3) is 0 Å². The van der Waals surface area contributed by atoms with Gasteiger partial charge in [-0.3, -0.25) is 4.90 Å². The fourth-order valence-electron chi connectivity index (χ4n) is 3.04. The molecule has 0 spiro atoms. The molecule has 1 saturated carbocycles. The molecule has 2 heteroatoms. The average Bonchev–Trinajstić information content (AvgIpc) is 2.59. The van der Waals surface area contributed by atoms with Crippen molar-refractivity contribution in [2.75, 3.05) is 13.1 Å². The third-order valence-corrected chi connectivity index (χ3v) is 4.23. The van der Waals surface area contributed by atoms with Crippen LogP contribution in [-0.4, -0.2) is 23.5 Å². The Bertz CT molecular complexity index is 362. The van der Waals surface area contributed by atoms with Gasteiger partial charge in [0.1, 0.15) is 0 Å². The first-order chi connectivity index (χ1) is 7.20. The first-order valence-electron chi connectivity index (χ1n) is 5.75. The van der Waals surface area contributed by atoms with Crippen LogP contribution < -0.4 is 5.73 Å². The van der Waals surface area contributed by atoms with Crippen molar-refractivity contribution in [3.05, 3.63) is 35.9 Å². The molecular weight excluding hydrogens is 184 g/mol. The predicted octanol–water partition coefficient (Wildman–Crippen LogP) is 1.47. The summed E-state index contributed by atoms with van der Waals surface area (Å²) < 4.78 is 0. The lowest BCUT2D eigenvalue weighted by molar-refractivity contribution is 0.273. The summed E-state index contributed by atoms with van der Waals surface area (Å²) in [5.74, 6) is 1.49. The van der Waals surface area contributed by atoms with E-state index in [2.05, 4.69) is 42.2 Å². The van der Waals surface area contributed by atoms with E-state index in [1.54, 1.807) is 0 Å². The maximum atomic E-state index is 6.30. The molecule has 0 bridgehead atoms. The lowest BCUT2D eigenvalue weighted by Crippen LogP contribution is -2.35. The van der Waals surface area contributed by atoms with Crippen LogP contribution in [0.4, 0.5) is 0 Å². The first-order valence-corrected chi connectivity index (χ1v) is 5.75. The predicted molar refractivity (Wildman–Crippen MR) is 61.3 cm³/mol. The van der Waals surface area contributed by atoms with Gasteiger partial charge in [0, 0.05) is 25.2 Å². The van der Waals surface area contributed by atoms with E-state index >= 15 is 0 Å². The molecule has 3 atom stereocenters. The van der Waals surface area contributed by atoms with Crippen LogP contribution in [0.2, 0.25) is 0 Å². The van der Waals surface area contributed by atoms with Crippen LogP contribution in [-0.2, 0) is 6.54 Å². The zero-order chi connectivity index (χ0) is 10.5. The molecule has 2 nitrogen and oxygen atoms in total. The van der Waals surface area contributed by atoms with Gasteiger partial charge in [-0.1, -0.05) is 37.3 Å².